The zero-order chi connectivity index (χ0) is 18.6. The number of aliphatic imine (C=N–C) groups is 1. The van der Waals surface area contributed by atoms with E-state index in [-0.39, 0.29) is 11.9 Å². The average Bonchev–Trinajstić information content (AvgIpc) is 2.63. The van der Waals surface area contributed by atoms with E-state index in [1.54, 1.807) is 0 Å². The third-order valence-electron chi connectivity index (χ3n) is 5.87. The molecule has 2 fully saturated rings. The number of hydrogen-bond donors (Lipinski definition) is 2. The van der Waals surface area contributed by atoms with Crippen LogP contribution in [0.15, 0.2) is 4.99 Å². The summed E-state index contributed by atoms with van der Waals surface area (Å²) < 4.78 is 5.95. The predicted octanol–water partition coefficient (Wildman–Crippen LogP) is 4.15. The number of hydrogen-bond acceptors (Lipinski definition) is 3. The van der Waals surface area contributed by atoms with Crippen LogP contribution in [0.1, 0.15) is 90.4 Å². The normalized spacial score (nSPS) is 25.2. The van der Waals surface area contributed by atoms with Gasteiger partial charge in [0, 0.05) is 19.6 Å². The summed E-state index contributed by atoms with van der Waals surface area (Å²) in [7, 11) is 0. The molecule has 0 heterocycles. The fourth-order valence-corrected chi connectivity index (χ4v) is 4.31. The molecule has 2 unspecified atom stereocenters. The molecule has 2 rings (SSSR count). The van der Waals surface area contributed by atoms with Gasteiger partial charge in [0.05, 0.1) is 6.10 Å². The van der Waals surface area contributed by atoms with Gasteiger partial charge >= 0.3 is 0 Å². The number of guanidine groups is 1. The number of nitrogens with zero attached hydrogens (tertiary/aromatic N) is 1. The van der Waals surface area contributed by atoms with E-state index in [1.165, 1.54) is 32.1 Å². The molecule has 0 aromatic rings. The van der Waals surface area contributed by atoms with Crippen molar-refractivity contribution >= 4 is 11.9 Å². The molecular formula is C21H39N3O2. The highest BCUT2D eigenvalue weighted by Crippen LogP contribution is 2.29. The van der Waals surface area contributed by atoms with Crippen molar-refractivity contribution in [1.82, 2.24) is 5.32 Å². The molecule has 150 valence electrons. The lowest BCUT2D eigenvalue weighted by Gasteiger charge is -2.28. The van der Waals surface area contributed by atoms with Crippen LogP contribution in [0.5, 0.6) is 0 Å². The number of ether oxygens (including phenoxy) is 1. The molecule has 3 N–H and O–H groups in total. The average molecular weight is 366 g/mol. The van der Waals surface area contributed by atoms with E-state index in [1.807, 2.05) is 0 Å². The van der Waals surface area contributed by atoms with Crippen molar-refractivity contribution < 1.29 is 9.53 Å². The molecular weight excluding hydrogens is 326 g/mol. The van der Waals surface area contributed by atoms with E-state index in [2.05, 4.69) is 17.2 Å². The lowest BCUT2D eigenvalue weighted by molar-refractivity contribution is -0.121. The van der Waals surface area contributed by atoms with Gasteiger partial charge in [0.1, 0.15) is 0 Å². The van der Waals surface area contributed by atoms with Crippen molar-refractivity contribution in [1.29, 1.82) is 0 Å². The summed E-state index contributed by atoms with van der Waals surface area (Å²) in [6.07, 6.45) is 15.4. The Hall–Kier alpha value is -1.10. The first-order chi connectivity index (χ1) is 12.7. The van der Waals surface area contributed by atoms with Gasteiger partial charge in [-0.2, -0.15) is 0 Å². The van der Waals surface area contributed by atoms with Crippen LogP contribution in [0.4, 0.5) is 0 Å². The molecule has 0 saturated heterocycles. The monoisotopic (exact) mass is 365 g/mol. The highest BCUT2D eigenvalue weighted by atomic mass is 16.5. The molecule has 0 aromatic carbocycles. The Morgan fingerprint density at radius 3 is 2.65 bits per heavy atom. The molecule has 5 nitrogen and oxygen atoms in total. The number of carbonyl (C=O) groups is 1. The van der Waals surface area contributed by atoms with Gasteiger partial charge in [-0.1, -0.05) is 51.9 Å². The standard InChI is InChI=1S/C21H39N3O2/c1-2-3-14-26-19-11-7-10-18(15-19)16-20(25)24-21(22)23-13-12-17-8-5-4-6-9-17/h17-19H,2-16H2,1H3,(H3,22,23,24,25). The van der Waals surface area contributed by atoms with E-state index in [4.69, 9.17) is 10.5 Å². The maximum absolute atomic E-state index is 12.2. The van der Waals surface area contributed by atoms with Crippen molar-refractivity contribution in [3.8, 4) is 0 Å². The molecule has 5 heteroatoms. The molecule has 0 spiro atoms. The summed E-state index contributed by atoms with van der Waals surface area (Å²) in [6.45, 7) is 3.76. The molecule has 26 heavy (non-hydrogen) atoms. The van der Waals surface area contributed by atoms with Crippen molar-refractivity contribution in [2.75, 3.05) is 13.2 Å². The van der Waals surface area contributed by atoms with Crippen LogP contribution >= 0.6 is 0 Å². The molecule has 2 saturated carbocycles. The molecule has 2 aliphatic rings. The predicted molar refractivity (Wildman–Crippen MR) is 107 cm³/mol. The Balaban J connectivity index is 1.62. The fraction of sp³-hybridized carbons (Fsp3) is 0.905. The SMILES string of the molecule is CCCCOC1CCCC(CC(=O)NC(N)=NCCC2CCCCC2)C1. The minimum absolute atomic E-state index is 0.00289. The maximum Gasteiger partial charge on any atom is 0.226 e. The van der Waals surface area contributed by atoms with E-state index in [0.29, 0.717) is 18.4 Å². The van der Waals surface area contributed by atoms with E-state index < -0.39 is 0 Å². The van der Waals surface area contributed by atoms with Crippen LogP contribution in [0.3, 0.4) is 0 Å². The summed E-state index contributed by atoms with van der Waals surface area (Å²) in [6, 6.07) is 0. The topological polar surface area (TPSA) is 76.7 Å². The lowest BCUT2D eigenvalue weighted by atomic mass is 9.85. The lowest BCUT2D eigenvalue weighted by Crippen LogP contribution is -2.38. The summed E-state index contributed by atoms with van der Waals surface area (Å²) in [5.41, 5.74) is 5.90. The zero-order valence-electron chi connectivity index (χ0n) is 16.7. The Morgan fingerprint density at radius 2 is 1.88 bits per heavy atom. The van der Waals surface area contributed by atoms with Gasteiger partial charge in [-0.05, 0) is 43.9 Å². The van der Waals surface area contributed by atoms with Crippen molar-refractivity contribution in [2.24, 2.45) is 22.6 Å². The zero-order valence-corrected chi connectivity index (χ0v) is 16.7. The summed E-state index contributed by atoms with van der Waals surface area (Å²) >= 11 is 0. The Kier molecular flexibility index (Phi) is 10.0. The Bertz CT molecular complexity index is 433. The summed E-state index contributed by atoms with van der Waals surface area (Å²) in [5, 5.41) is 2.78. The van der Waals surface area contributed by atoms with Crippen LogP contribution in [0.25, 0.3) is 0 Å². The van der Waals surface area contributed by atoms with Crippen molar-refractivity contribution in [3.05, 3.63) is 0 Å². The number of unbranched alkanes of at least 4 members (excludes halogenated alkanes) is 1. The molecule has 1 amide bonds. The number of carbonyl (C=O) groups excluding carboxylic acids is 1. The number of amides is 1. The summed E-state index contributed by atoms with van der Waals surface area (Å²) in [5.74, 6) is 1.49. The van der Waals surface area contributed by atoms with Crippen LogP contribution in [0.2, 0.25) is 0 Å². The van der Waals surface area contributed by atoms with Gasteiger partial charge in [-0.15, -0.1) is 0 Å². The van der Waals surface area contributed by atoms with E-state index >= 15 is 0 Å². The Labute approximate surface area is 159 Å². The molecule has 2 aliphatic carbocycles. The Morgan fingerprint density at radius 1 is 1.12 bits per heavy atom. The third kappa shape index (κ3) is 8.52. The van der Waals surface area contributed by atoms with Gasteiger partial charge in [0.2, 0.25) is 5.91 Å². The first kappa shape index (κ1) is 21.2. The molecule has 0 bridgehead atoms. The smallest absolute Gasteiger partial charge is 0.226 e. The largest absolute Gasteiger partial charge is 0.378 e. The van der Waals surface area contributed by atoms with Gasteiger partial charge in [0.15, 0.2) is 5.96 Å². The van der Waals surface area contributed by atoms with Gasteiger partial charge < -0.3 is 10.5 Å². The van der Waals surface area contributed by atoms with Crippen LogP contribution < -0.4 is 11.1 Å². The van der Waals surface area contributed by atoms with E-state index in [0.717, 1.165) is 64.0 Å². The van der Waals surface area contributed by atoms with Crippen LogP contribution in [-0.2, 0) is 9.53 Å². The molecule has 0 aliphatic heterocycles. The van der Waals surface area contributed by atoms with Gasteiger partial charge in [0.25, 0.3) is 0 Å². The minimum atomic E-state index is 0.00289. The second-order valence-corrected chi connectivity index (χ2v) is 8.19. The third-order valence-corrected chi connectivity index (χ3v) is 5.87. The second kappa shape index (κ2) is 12.3. The highest BCUT2D eigenvalue weighted by molar-refractivity contribution is 5.96. The number of rotatable bonds is 9. The van der Waals surface area contributed by atoms with Crippen molar-refractivity contribution in [2.45, 2.75) is 96.5 Å². The molecule has 0 aromatic heterocycles. The highest BCUT2D eigenvalue weighted by Gasteiger charge is 2.24. The first-order valence-corrected chi connectivity index (χ1v) is 10.9. The van der Waals surface area contributed by atoms with Gasteiger partial charge in [-0.25, -0.2) is 0 Å². The van der Waals surface area contributed by atoms with E-state index in [9.17, 15) is 4.79 Å². The van der Waals surface area contributed by atoms with Crippen molar-refractivity contribution in [3.63, 3.8) is 0 Å². The first-order valence-electron chi connectivity index (χ1n) is 10.9. The number of nitrogens with two attached hydrogens (primary N) is 1. The number of nitrogens with one attached hydrogen (secondary N) is 1. The maximum atomic E-state index is 12.2. The molecule has 2 atom stereocenters. The van der Waals surface area contributed by atoms with Crippen LogP contribution in [-0.4, -0.2) is 31.1 Å². The van der Waals surface area contributed by atoms with Crippen LogP contribution in [0, 0.1) is 11.8 Å². The molecule has 0 radical (unpaired) electrons. The fourth-order valence-electron chi connectivity index (χ4n) is 4.31. The quantitative estimate of drug-likeness (QED) is 0.366. The minimum Gasteiger partial charge on any atom is -0.378 e. The summed E-state index contributed by atoms with van der Waals surface area (Å²) in [4.78, 5) is 16.6. The van der Waals surface area contributed by atoms with Gasteiger partial charge in [-0.3, -0.25) is 15.1 Å². The second-order valence-electron chi connectivity index (χ2n) is 8.19.